The monoisotopic (exact) mass is 433 g/mol. The third-order valence-electron chi connectivity index (χ3n) is 5.15. The molecule has 9 heteroatoms. The summed E-state index contributed by atoms with van der Waals surface area (Å²) in [5.41, 5.74) is 0.932. The first-order valence-electron chi connectivity index (χ1n) is 10.0. The third kappa shape index (κ3) is 5.08. The van der Waals surface area contributed by atoms with Crippen LogP contribution in [0.25, 0.3) is 0 Å². The minimum absolute atomic E-state index is 0.0417. The van der Waals surface area contributed by atoms with Gasteiger partial charge >= 0.3 is 0 Å². The topological polar surface area (TPSA) is 78.9 Å². The highest BCUT2D eigenvalue weighted by Crippen LogP contribution is 2.30. The van der Waals surface area contributed by atoms with Crippen LogP contribution in [-0.2, 0) is 16.6 Å². The summed E-state index contributed by atoms with van der Waals surface area (Å²) < 4.78 is 33.2. The standard InChI is InChI=1S/C21H31N5O3S/c1-24(2)15-17-12-20(25(3)4)23-21(22-17)16-8-7-11-26(14-16)30(27,28)19-10-6-9-18(13-19)29-5/h6,9-10,12-13,16H,7-8,11,14-15H2,1-5H3/t16-/m1/s1. The number of benzene rings is 1. The van der Waals surface area contributed by atoms with E-state index in [1.165, 1.54) is 7.11 Å². The van der Waals surface area contributed by atoms with Crippen molar-refractivity contribution in [2.75, 3.05) is 53.3 Å². The average Bonchev–Trinajstić information content (AvgIpc) is 2.73. The number of rotatable bonds is 7. The molecule has 0 aliphatic carbocycles. The van der Waals surface area contributed by atoms with Crippen LogP contribution in [0.4, 0.5) is 5.82 Å². The van der Waals surface area contributed by atoms with Gasteiger partial charge in [0, 0.05) is 51.8 Å². The van der Waals surface area contributed by atoms with Gasteiger partial charge in [-0.1, -0.05) is 6.07 Å². The van der Waals surface area contributed by atoms with Crippen LogP contribution in [0.5, 0.6) is 5.75 Å². The number of anilines is 1. The predicted molar refractivity (Wildman–Crippen MR) is 117 cm³/mol. The molecule has 2 aromatic rings. The number of piperidine rings is 1. The molecule has 1 fully saturated rings. The zero-order valence-corrected chi connectivity index (χ0v) is 19.2. The SMILES string of the molecule is COc1cccc(S(=O)(=O)N2CCC[C@@H](c3nc(CN(C)C)cc(N(C)C)n3)C2)c1. The molecule has 0 amide bonds. The smallest absolute Gasteiger partial charge is 0.243 e. The van der Waals surface area contributed by atoms with Crippen molar-refractivity contribution in [3.8, 4) is 5.75 Å². The van der Waals surface area contributed by atoms with Gasteiger partial charge < -0.3 is 14.5 Å². The van der Waals surface area contributed by atoms with Crippen molar-refractivity contribution in [2.24, 2.45) is 0 Å². The second kappa shape index (κ2) is 9.28. The van der Waals surface area contributed by atoms with Gasteiger partial charge in [-0.3, -0.25) is 0 Å². The van der Waals surface area contributed by atoms with Crippen molar-refractivity contribution in [1.82, 2.24) is 19.2 Å². The molecule has 0 saturated carbocycles. The first-order valence-corrected chi connectivity index (χ1v) is 11.5. The second-order valence-electron chi connectivity index (χ2n) is 8.09. The summed E-state index contributed by atoms with van der Waals surface area (Å²) >= 11 is 0. The largest absolute Gasteiger partial charge is 0.497 e. The summed E-state index contributed by atoms with van der Waals surface area (Å²) in [4.78, 5) is 13.8. The molecule has 0 N–H and O–H groups in total. The fourth-order valence-electron chi connectivity index (χ4n) is 3.60. The van der Waals surface area contributed by atoms with Crippen molar-refractivity contribution in [2.45, 2.75) is 30.2 Å². The Labute approximate surface area is 179 Å². The lowest BCUT2D eigenvalue weighted by Gasteiger charge is -2.31. The van der Waals surface area contributed by atoms with Gasteiger partial charge in [0.25, 0.3) is 0 Å². The van der Waals surface area contributed by atoms with Gasteiger partial charge in [0.2, 0.25) is 10.0 Å². The molecule has 1 aliphatic heterocycles. The van der Waals surface area contributed by atoms with Crippen LogP contribution in [0.2, 0.25) is 0 Å². The van der Waals surface area contributed by atoms with E-state index in [2.05, 4.69) is 4.90 Å². The minimum Gasteiger partial charge on any atom is -0.497 e. The molecular weight excluding hydrogens is 402 g/mol. The van der Waals surface area contributed by atoms with Crippen LogP contribution >= 0.6 is 0 Å². The molecule has 1 atom stereocenters. The lowest BCUT2D eigenvalue weighted by Crippen LogP contribution is -2.39. The van der Waals surface area contributed by atoms with E-state index >= 15 is 0 Å². The molecule has 0 unspecified atom stereocenters. The molecule has 1 aliphatic rings. The van der Waals surface area contributed by atoms with Crippen molar-refractivity contribution in [3.63, 3.8) is 0 Å². The van der Waals surface area contributed by atoms with Gasteiger partial charge in [0.1, 0.15) is 17.4 Å². The molecule has 0 spiro atoms. The first kappa shape index (κ1) is 22.5. The van der Waals surface area contributed by atoms with E-state index in [1.54, 1.807) is 28.6 Å². The highest BCUT2D eigenvalue weighted by molar-refractivity contribution is 7.89. The van der Waals surface area contributed by atoms with Crippen LogP contribution < -0.4 is 9.64 Å². The summed E-state index contributed by atoms with van der Waals surface area (Å²) in [7, 11) is 5.82. The van der Waals surface area contributed by atoms with E-state index in [0.717, 1.165) is 24.4 Å². The van der Waals surface area contributed by atoms with E-state index in [1.807, 2.05) is 39.2 Å². The molecule has 0 bridgehead atoms. The predicted octanol–water partition coefficient (Wildman–Crippen LogP) is 2.18. The molecule has 0 radical (unpaired) electrons. The fourth-order valence-corrected chi connectivity index (χ4v) is 5.16. The third-order valence-corrected chi connectivity index (χ3v) is 7.01. The maximum atomic E-state index is 13.2. The first-order chi connectivity index (χ1) is 14.2. The maximum absolute atomic E-state index is 13.2. The summed E-state index contributed by atoms with van der Waals surface area (Å²) in [5.74, 6) is 2.04. The summed E-state index contributed by atoms with van der Waals surface area (Å²) in [5, 5.41) is 0. The van der Waals surface area contributed by atoms with Gasteiger partial charge in [0.05, 0.1) is 17.7 Å². The Hall–Kier alpha value is -2.23. The zero-order valence-electron chi connectivity index (χ0n) is 18.4. The zero-order chi connectivity index (χ0) is 21.9. The molecule has 30 heavy (non-hydrogen) atoms. The summed E-state index contributed by atoms with van der Waals surface area (Å²) in [6.07, 6.45) is 1.63. The van der Waals surface area contributed by atoms with E-state index in [-0.39, 0.29) is 10.8 Å². The number of hydrogen-bond acceptors (Lipinski definition) is 7. The molecular formula is C21H31N5O3S. The minimum atomic E-state index is -3.61. The Morgan fingerprint density at radius 2 is 1.93 bits per heavy atom. The van der Waals surface area contributed by atoms with Crippen LogP contribution in [0.1, 0.15) is 30.3 Å². The molecule has 3 rings (SSSR count). The highest BCUT2D eigenvalue weighted by atomic mass is 32.2. The van der Waals surface area contributed by atoms with E-state index in [4.69, 9.17) is 14.7 Å². The summed E-state index contributed by atoms with van der Waals surface area (Å²) in [6.45, 7) is 1.57. The van der Waals surface area contributed by atoms with Crippen molar-refractivity contribution in [3.05, 3.63) is 41.9 Å². The number of sulfonamides is 1. The number of methoxy groups -OCH3 is 1. The van der Waals surface area contributed by atoms with Gasteiger partial charge in [-0.25, -0.2) is 18.4 Å². The Morgan fingerprint density at radius 1 is 1.17 bits per heavy atom. The van der Waals surface area contributed by atoms with Gasteiger partial charge in [-0.2, -0.15) is 4.31 Å². The fraction of sp³-hybridized carbons (Fsp3) is 0.524. The van der Waals surface area contributed by atoms with Gasteiger partial charge in [-0.05, 0) is 39.1 Å². The average molecular weight is 434 g/mol. The van der Waals surface area contributed by atoms with Crippen molar-refractivity contribution in [1.29, 1.82) is 0 Å². The molecule has 2 heterocycles. The Kier molecular flexibility index (Phi) is 6.95. The van der Waals surface area contributed by atoms with Crippen molar-refractivity contribution >= 4 is 15.8 Å². The quantitative estimate of drug-likeness (QED) is 0.662. The molecule has 8 nitrogen and oxygen atoms in total. The lowest BCUT2D eigenvalue weighted by atomic mass is 9.98. The molecule has 1 aromatic heterocycles. The van der Waals surface area contributed by atoms with Gasteiger partial charge in [0.15, 0.2) is 0 Å². The Morgan fingerprint density at radius 3 is 2.60 bits per heavy atom. The maximum Gasteiger partial charge on any atom is 0.243 e. The second-order valence-corrected chi connectivity index (χ2v) is 10.0. The van der Waals surface area contributed by atoms with E-state index in [9.17, 15) is 8.42 Å². The molecule has 1 saturated heterocycles. The van der Waals surface area contributed by atoms with E-state index in [0.29, 0.717) is 31.2 Å². The lowest BCUT2D eigenvalue weighted by molar-refractivity contribution is 0.308. The van der Waals surface area contributed by atoms with E-state index < -0.39 is 10.0 Å². The van der Waals surface area contributed by atoms with Crippen LogP contribution in [-0.4, -0.2) is 76.0 Å². The van der Waals surface area contributed by atoms with Crippen LogP contribution in [0.15, 0.2) is 35.2 Å². The number of aromatic nitrogens is 2. The van der Waals surface area contributed by atoms with Crippen LogP contribution in [0, 0.1) is 0 Å². The molecule has 1 aromatic carbocycles. The van der Waals surface area contributed by atoms with Crippen LogP contribution in [0.3, 0.4) is 0 Å². The van der Waals surface area contributed by atoms with Gasteiger partial charge in [-0.15, -0.1) is 0 Å². The van der Waals surface area contributed by atoms with Crippen molar-refractivity contribution < 1.29 is 13.2 Å². The Balaban J connectivity index is 1.89. The molecule has 164 valence electrons. The number of nitrogens with zero attached hydrogens (tertiary/aromatic N) is 5. The highest BCUT2D eigenvalue weighted by Gasteiger charge is 2.32. The number of ether oxygens (including phenoxy) is 1. The normalized spacial score (nSPS) is 17.9. The number of hydrogen-bond donors (Lipinski definition) is 0. The summed E-state index contributed by atoms with van der Waals surface area (Å²) in [6, 6.07) is 8.60. The Bertz CT molecular complexity index is 978.